The number of amides is 2. The molecule has 1 atom stereocenters. The van der Waals surface area contributed by atoms with E-state index < -0.39 is 30.6 Å². The molecule has 2 aliphatic rings. The third-order valence-corrected chi connectivity index (χ3v) is 6.62. The SMILES string of the molecule is COCC(NC(=O)OCC1c2ccccc2-c2ccccc21)C(=O)N(CC(=O)O)C1CCCC1. The van der Waals surface area contributed by atoms with Crippen molar-refractivity contribution >= 4 is 18.0 Å². The van der Waals surface area contributed by atoms with Crippen molar-refractivity contribution in [2.75, 3.05) is 26.9 Å². The first-order valence-corrected chi connectivity index (χ1v) is 11.6. The van der Waals surface area contributed by atoms with Crippen LogP contribution < -0.4 is 5.32 Å². The summed E-state index contributed by atoms with van der Waals surface area (Å²) in [5.41, 5.74) is 4.44. The van der Waals surface area contributed by atoms with E-state index in [9.17, 15) is 19.5 Å². The normalized spacial score (nSPS) is 15.9. The molecule has 8 heteroatoms. The lowest BCUT2D eigenvalue weighted by molar-refractivity contribution is -0.147. The van der Waals surface area contributed by atoms with Gasteiger partial charge in [0, 0.05) is 19.1 Å². The number of carboxylic acid groups (broad SMARTS) is 1. The zero-order chi connectivity index (χ0) is 24.1. The Labute approximate surface area is 198 Å². The number of ether oxygens (including phenoxy) is 2. The first-order valence-electron chi connectivity index (χ1n) is 11.6. The topological polar surface area (TPSA) is 105 Å². The molecule has 0 saturated heterocycles. The number of nitrogens with zero attached hydrogens (tertiary/aromatic N) is 1. The van der Waals surface area contributed by atoms with Crippen LogP contribution in [0.3, 0.4) is 0 Å². The van der Waals surface area contributed by atoms with Crippen LogP contribution in [-0.2, 0) is 19.1 Å². The third kappa shape index (κ3) is 5.07. The molecule has 0 heterocycles. The Morgan fingerprint density at radius 3 is 2.18 bits per heavy atom. The number of benzene rings is 2. The summed E-state index contributed by atoms with van der Waals surface area (Å²) >= 11 is 0. The second-order valence-electron chi connectivity index (χ2n) is 8.78. The van der Waals surface area contributed by atoms with Crippen molar-refractivity contribution in [2.45, 2.75) is 43.7 Å². The van der Waals surface area contributed by atoms with Crippen molar-refractivity contribution in [3.63, 3.8) is 0 Å². The van der Waals surface area contributed by atoms with E-state index in [1.54, 1.807) is 0 Å². The highest BCUT2D eigenvalue weighted by molar-refractivity contribution is 5.88. The van der Waals surface area contributed by atoms with Crippen LogP contribution in [-0.4, -0.2) is 66.9 Å². The minimum atomic E-state index is -1.09. The van der Waals surface area contributed by atoms with Gasteiger partial charge in [0.1, 0.15) is 19.2 Å². The summed E-state index contributed by atoms with van der Waals surface area (Å²) in [5, 5.41) is 11.9. The van der Waals surface area contributed by atoms with Crippen LogP contribution in [0.25, 0.3) is 11.1 Å². The molecule has 2 aromatic rings. The van der Waals surface area contributed by atoms with Crippen molar-refractivity contribution in [2.24, 2.45) is 0 Å². The average Bonchev–Trinajstić information content (AvgIpc) is 3.47. The fourth-order valence-electron chi connectivity index (χ4n) is 5.07. The number of alkyl carbamates (subject to hydrolysis) is 1. The number of nitrogens with one attached hydrogen (secondary N) is 1. The van der Waals surface area contributed by atoms with E-state index in [0.29, 0.717) is 0 Å². The molecule has 34 heavy (non-hydrogen) atoms. The summed E-state index contributed by atoms with van der Waals surface area (Å²) in [4.78, 5) is 38.6. The van der Waals surface area contributed by atoms with E-state index in [4.69, 9.17) is 9.47 Å². The molecule has 0 aromatic heterocycles. The minimum absolute atomic E-state index is 0.0775. The number of methoxy groups -OCH3 is 1. The minimum Gasteiger partial charge on any atom is -0.480 e. The predicted octanol–water partition coefficient (Wildman–Crippen LogP) is 3.40. The molecule has 0 bridgehead atoms. The van der Waals surface area contributed by atoms with Crippen LogP contribution in [0.5, 0.6) is 0 Å². The second-order valence-corrected chi connectivity index (χ2v) is 8.78. The van der Waals surface area contributed by atoms with Gasteiger partial charge in [-0.05, 0) is 35.1 Å². The van der Waals surface area contributed by atoms with Crippen LogP contribution >= 0.6 is 0 Å². The summed E-state index contributed by atoms with van der Waals surface area (Å²) in [7, 11) is 1.43. The highest BCUT2D eigenvalue weighted by atomic mass is 16.5. The number of carbonyl (C=O) groups is 3. The fraction of sp³-hybridized carbons (Fsp3) is 0.423. The van der Waals surface area contributed by atoms with E-state index in [2.05, 4.69) is 17.4 Å². The molecule has 2 N–H and O–H groups in total. The molecular weight excluding hydrogens is 436 g/mol. The van der Waals surface area contributed by atoms with Crippen LogP contribution in [0, 0.1) is 0 Å². The molecule has 1 unspecified atom stereocenters. The lowest BCUT2D eigenvalue weighted by atomic mass is 9.98. The molecule has 2 aromatic carbocycles. The Morgan fingerprint density at radius 2 is 1.62 bits per heavy atom. The number of hydrogen-bond donors (Lipinski definition) is 2. The molecule has 2 aliphatic carbocycles. The third-order valence-electron chi connectivity index (χ3n) is 6.62. The van der Waals surface area contributed by atoms with Crippen molar-refractivity contribution in [3.05, 3.63) is 59.7 Å². The van der Waals surface area contributed by atoms with E-state index in [1.165, 1.54) is 12.0 Å². The molecule has 4 rings (SSSR count). The maximum atomic E-state index is 13.2. The largest absolute Gasteiger partial charge is 0.480 e. The number of carboxylic acids is 1. The summed E-state index contributed by atoms with van der Waals surface area (Å²) in [5.74, 6) is -1.65. The maximum Gasteiger partial charge on any atom is 0.407 e. The summed E-state index contributed by atoms with van der Waals surface area (Å²) in [6.45, 7) is -0.364. The Kier molecular flexibility index (Phi) is 7.47. The Morgan fingerprint density at radius 1 is 1.03 bits per heavy atom. The quantitative estimate of drug-likeness (QED) is 0.587. The van der Waals surface area contributed by atoms with Gasteiger partial charge < -0.3 is 24.8 Å². The van der Waals surface area contributed by atoms with Gasteiger partial charge in [-0.1, -0.05) is 61.4 Å². The van der Waals surface area contributed by atoms with Crippen LogP contribution in [0.4, 0.5) is 4.79 Å². The average molecular weight is 467 g/mol. The fourth-order valence-corrected chi connectivity index (χ4v) is 5.07. The van der Waals surface area contributed by atoms with Crippen molar-refractivity contribution < 1.29 is 29.0 Å². The lowest BCUT2D eigenvalue weighted by Crippen LogP contribution is -2.54. The van der Waals surface area contributed by atoms with Crippen molar-refractivity contribution in [1.82, 2.24) is 10.2 Å². The summed E-state index contributed by atoms with van der Waals surface area (Å²) in [6.07, 6.45) is 2.66. The van der Waals surface area contributed by atoms with Gasteiger partial charge in [-0.25, -0.2) is 4.79 Å². The van der Waals surface area contributed by atoms with E-state index in [0.717, 1.165) is 47.9 Å². The second kappa shape index (κ2) is 10.7. The highest BCUT2D eigenvalue weighted by Gasteiger charge is 2.34. The zero-order valence-corrected chi connectivity index (χ0v) is 19.2. The lowest BCUT2D eigenvalue weighted by Gasteiger charge is -2.31. The van der Waals surface area contributed by atoms with Gasteiger partial charge in [0.25, 0.3) is 0 Å². The summed E-state index contributed by atoms with van der Waals surface area (Å²) < 4.78 is 10.7. The highest BCUT2D eigenvalue weighted by Crippen LogP contribution is 2.44. The summed E-state index contributed by atoms with van der Waals surface area (Å²) in [6, 6.07) is 14.9. The van der Waals surface area contributed by atoms with Gasteiger partial charge in [-0.3, -0.25) is 9.59 Å². The maximum absolute atomic E-state index is 13.2. The van der Waals surface area contributed by atoms with Crippen LogP contribution in [0.2, 0.25) is 0 Å². The molecule has 2 amide bonds. The monoisotopic (exact) mass is 466 g/mol. The smallest absolute Gasteiger partial charge is 0.407 e. The first kappa shape index (κ1) is 23.8. The molecule has 8 nitrogen and oxygen atoms in total. The standard InChI is InChI=1S/C26H30N2O6/c1-33-16-23(25(31)28(14-24(29)30)17-8-2-3-9-17)27-26(32)34-15-22-20-12-6-4-10-18(20)19-11-5-7-13-21(19)22/h4-7,10-13,17,22-23H,2-3,8-9,14-16H2,1H3,(H,27,32)(H,29,30). The number of hydrogen-bond acceptors (Lipinski definition) is 5. The van der Waals surface area contributed by atoms with Gasteiger partial charge >= 0.3 is 12.1 Å². The molecule has 0 spiro atoms. The van der Waals surface area contributed by atoms with Crippen LogP contribution in [0.1, 0.15) is 42.7 Å². The van der Waals surface area contributed by atoms with Crippen molar-refractivity contribution in [3.8, 4) is 11.1 Å². The number of rotatable bonds is 9. The molecule has 1 saturated carbocycles. The Hall–Kier alpha value is -3.39. The van der Waals surface area contributed by atoms with Gasteiger partial charge in [-0.2, -0.15) is 0 Å². The predicted molar refractivity (Wildman–Crippen MR) is 125 cm³/mol. The molecule has 0 radical (unpaired) electrons. The number of aliphatic carboxylic acids is 1. The molecule has 180 valence electrons. The molecule has 0 aliphatic heterocycles. The van der Waals surface area contributed by atoms with Gasteiger partial charge in [0.05, 0.1) is 6.61 Å². The Bertz CT molecular complexity index is 1000. The first-order chi connectivity index (χ1) is 16.5. The van der Waals surface area contributed by atoms with Gasteiger partial charge in [-0.15, -0.1) is 0 Å². The number of fused-ring (bicyclic) bond motifs is 3. The molecular formula is C26H30N2O6. The van der Waals surface area contributed by atoms with E-state index in [-0.39, 0.29) is 25.2 Å². The number of carbonyl (C=O) groups excluding carboxylic acids is 2. The van der Waals surface area contributed by atoms with Crippen LogP contribution in [0.15, 0.2) is 48.5 Å². The van der Waals surface area contributed by atoms with E-state index in [1.807, 2.05) is 36.4 Å². The van der Waals surface area contributed by atoms with Gasteiger partial charge in [0.2, 0.25) is 5.91 Å². The van der Waals surface area contributed by atoms with Gasteiger partial charge in [0.15, 0.2) is 0 Å². The zero-order valence-electron chi connectivity index (χ0n) is 19.2. The van der Waals surface area contributed by atoms with E-state index >= 15 is 0 Å². The van der Waals surface area contributed by atoms with Crippen molar-refractivity contribution in [1.29, 1.82) is 0 Å². The Balaban J connectivity index is 1.43. The molecule has 1 fully saturated rings.